The van der Waals surface area contributed by atoms with Gasteiger partial charge in [-0.25, -0.2) is 0 Å². The Morgan fingerprint density at radius 3 is 2.59 bits per heavy atom. The number of hydrogen-bond acceptors (Lipinski definition) is 6. The first kappa shape index (κ1) is 23.8. The van der Waals surface area contributed by atoms with Crippen LogP contribution >= 0.6 is 19.1 Å². The van der Waals surface area contributed by atoms with E-state index in [1.54, 1.807) is 5.32 Å². The maximum atomic E-state index is 12.3. The molecular weight excluding hydrogens is 434 g/mol. The van der Waals surface area contributed by atoms with Crippen LogP contribution in [0.5, 0.6) is 0 Å². The molecule has 1 fully saturated rings. The van der Waals surface area contributed by atoms with Crippen molar-refractivity contribution in [2.45, 2.75) is 43.7 Å². The van der Waals surface area contributed by atoms with Gasteiger partial charge in [-0.05, 0) is 38.1 Å². The maximum absolute atomic E-state index is 12.3. The van der Waals surface area contributed by atoms with Crippen LogP contribution in [0.25, 0.3) is 0 Å². The normalized spacial score (nSPS) is 25.2. The van der Waals surface area contributed by atoms with Crippen LogP contribution in [0, 0.1) is 4.77 Å². The highest BCUT2D eigenvalue weighted by Crippen LogP contribution is 2.39. The predicted octanol–water partition coefficient (Wildman–Crippen LogP) is 0.803. The van der Waals surface area contributed by atoms with Gasteiger partial charge in [-0.1, -0.05) is 0 Å². The fourth-order valence-corrected chi connectivity index (χ4v) is 3.99. The van der Waals surface area contributed by atoms with Gasteiger partial charge in [-0.3, -0.25) is 19.1 Å². The molecule has 13 heteroatoms. The highest BCUT2D eigenvalue weighted by molar-refractivity contribution is 7.72. The number of nitrogens with zero attached hydrogens (tertiary/aromatic N) is 1. The van der Waals surface area contributed by atoms with Crippen molar-refractivity contribution in [3.8, 4) is 0 Å². The van der Waals surface area contributed by atoms with Crippen LogP contribution in [0.3, 0.4) is 0 Å². The van der Waals surface area contributed by atoms with Gasteiger partial charge >= 0.3 is 12.1 Å². The Labute approximate surface area is 169 Å². The zero-order valence-electron chi connectivity index (χ0n) is 15.8. The van der Waals surface area contributed by atoms with E-state index in [1.165, 1.54) is 0 Å². The number of aromatic nitrogens is 2. The lowest BCUT2D eigenvalue weighted by Gasteiger charge is -2.20. The number of nitrogens with one attached hydrogen (secondary N) is 2. The van der Waals surface area contributed by atoms with Gasteiger partial charge in [-0.15, -0.1) is 13.2 Å². The molecule has 8 nitrogen and oxygen atoms in total. The number of H-pyrrole nitrogens is 1. The van der Waals surface area contributed by atoms with Crippen molar-refractivity contribution in [3.63, 3.8) is 0 Å². The summed E-state index contributed by atoms with van der Waals surface area (Å²) in [5.74, 6) is -2.20. The summed E-state index contributed by atoms with van der Waals surface area (Å²) >= 11 is 5.05. The molecule has 164 valence electrons. The third kappa shape index (κ3) is 6.02. The van der Waals surface area contributed by atoms with Crippen molar-refractivity contribution in [1.82, 2.24) is 14.9 Å². The molecule has 4 atom stereocenters. The second-order valence-corrected chi connectivity index (χ2v) is 12.2. The monoisotopic (exact) mass is 457 g/mol. The van der Waals surface area contributed by atoms with E-state index in [2.05, 4.69) is 11.3 Å². The smallest absolute Gasteiger partial charge is 0.388 e. The number of halogens is 3. The molecule has 29 heavy (non-hydrogen) atoms. The van der Waals surface area contributed by atoms with Crippen LogP contribution in [0.15, 0.2) is 11.0 Å². The Morgan fingerprint density at radius 1 is 1.41 bits per heavy atom. The molecule has 0 saturated carbocycles. The van der Waals surface area contributed by atoms with E-state index >= 15 is 0 Å². The number of alkyl halides is 3. The van der Waals surface area contributed by atoms with Gasteiger partial charge in [0.15, 0.2) is 11.0 Å². The number of hydrogen-bond donors (Lipinski definition) is 4. The van der Waals surface area contributed by atoms with Crippen molar-refractivity contribution in [2.75, 3.05) is 19.5 Å². The van der Waals surface area contributed by atoms with E-state index < -0.39 is 55.6 Å². The Morgan fingerprint density at radius 2 is 2.03 bits per heavy atom. The first-order valence-electron chi connectivity index (χ1n) is 8.59. The topological polar surface area (TPSA) is 117 Å². The highest BCUT2D eigenvalue weighted by atomic mass is 32.1. The van der Waals surface area contributed by atoms with Crippen molar-refractivity contribution in [2.24, 2.45) is 0 Å². The largest absolute Gasteiger partial charge is 0.471 e. The van der Waals surface area contributed by atoms with Gasteiger partial charge in [0, 0.05) is 12.7 Å². The fraction of sp³-hybridized carbons (Fsp3) is 0.625. The SMILES string of the molecule is C=P(C)(C)CC[C@H]1O[C@@H](n2cc(CNC(=O)C(F)(F)F)c(=O)[nH]c2=S)[C@H](O)[C@@H]1O. The second-order valence-electron chi connectivity index (χ2n) is 7.50. The number of aliphatic hydroxyl groups is 2. The number of carbonyl (C=O) groups is 1. The average molecular weight is 457 g/mol. The Hall–Kier alpha value is -1.46. The molecule has 4 N–H and O–H groups in total. The first-order chi connectivity index (χ1) is 13.2. The molecule has 2 heterocycles. The molecule has 0 unspecified atom stereocenters. The molecule has 0 aromatic carbocycles. The number of aliphatic hydroxyl groups excluding tert-OH is 2. The second kappa shape index (κ2) is 8.73. The molecular formula is C16H23F3N3O5PS. The van der Waals surface area contributed by atoms with E-state index in [0.717, 1.165) is 10.8 Å². The third-order valence-electron chi connectivity index (χ3n) is 4.37. The summed E-state index contributed by atoms with van der Waals surface area (Å²) in [6, 6.07) is 0. The predicted molar refractivity (Wildman–Crippen MR) is 105 cm³/mol. The van der Waals surface area contributed by atoms with Gasteiger partial charge < -0.3 is 20.3 Å². The summed E-state index contributed by atoms with van der Waals surface area (Å²) < 4.78 is 43.7. The summed E-state index contributed by atoms with van der Waals surface area (Å²) in [5, 5.41) is 22.2. The summed E-state index contributed by atoms with van der Waals surface area (Å²) in [6.07, 6.45) is -3.20. The molecule has 0 radical (unpaired) electrons. The van der Waals surface area contributed by atoms with E-state index in [-0.39, 0.29) is 10.3 Å². The summed E-state index contributed by atoms with van der Waals surface area (Å²) in [4.78, 5) is 25.2. The molecule has 1 saturated heterocycles. The number of rotatable bonds is 6. The van der Waals surface area contributed by atoms with E-state index in [4.69, 9.17) is 17.0 Å². The number of carbonyl (C=O) groups excluding carboxylic acids is 1. The Kier molecular flexibility index (Phi) is 7.17. The highest BCUT2D eigenvalue weighted by Gasteiger charge is 2.43. The van der Waals surface area contributed by atoms with Crippen LogP contribution in [-0.2, 0) is 16.1 Å². The fourth-order valence-electron chi connectivity index (χ4n) is 2.79. The lowest BCUT2D eigenvalue weighted by atomic mass is 10.1. The molecule has 0 aliphatic carbocycles. The van der Waals surface area contributed by atoms with Gasteiger partial charge in [-0.2, -0.15) is 13.2 Å². The van der Waals surface area contributed by atoms with E-state index in [0.29, 0.717) is 12.6 Å². The van der Waals surface area contributed by atoms with Crippen LogP contribution in [-0.4, -0.2) is 76.0 Å². The minimum absolute atomic E-state index is 0.150. The molecule has 2 rings (SSSR count). The van der Waals surface area contributed by atoms with Crippen molar-refractivity contribution in [1.29, 1.82) is 0 Å². The van der Waals surface area contributed by atoms with Crippen LogP contribution < -0.4 is 10.9 Å². The van der Waals surface area contributed by atoms with Gasteiger partial charge in [0.2, 0.25) is 0 Å². The van der Waals surface area contributed by atoms with Crippen molar-refractivity contribution < 1.29 is 32.9 Å². The number of amides is 1. The maximum Gasteiger partial charge on any atom is 0.471 e. The summed E-state index contributed by atoms with van der Waals surface area (Å²) in [5.41, 5.74) is -1.02. The van der Waals surface area contributed by atoms with Gasteiger partial charge in [0.05, 0.1) is 11.7 Å². The summed E-state index contributed by atoms with van der Waals surface area (Å²) in [7, 11) is 0. The zero-order chi connectivity index (χ0) is 22.1. The molecule has 1 amide bonds. The number of aromatic amines is 1. The lowest BCUT2D eigenvalue weighted by molar-refractivity contribution is -0.173. The molecule has 1 aliphatic heterocycles. The Balaban J connectivity index is 2.23. The van der Waals surface area contributed by atoms with Crippen LogP contribution in [0.4, 0.5) is 13.2 Å². The lowest BCUT2D eigenvalue weighted by Crippen LogP contribution is -2.38. The molecule has 1 aromatic heterocycles. The van der Waals surface area contributed by atoms with Crippen LogP contribution in [0.1, 0.15) is 18.2 Å². The summed E-state index contributed by atoms with van der Waals surface area (Å²) in [6.45, 7) is 1.93. The zero-order valence-corrected chi connectivity index (χ0v) is 17.5. The average Bonchev–Trinajstić information content (AvgIpc) is 2.86. The van der Waals surface area contributed by atoms with E-state index in [1.807, 2.05) is 13.3 Å². The van der Waals surface area contributed by atoms with Crippen molar-refractivity contribution >= 4 is 31.3 Å². The molecule has 1 aliphatic rings. The minimum Gasteiger partial charge on any atom is -0.388 e. The minimum atomic E-state index is -5.09. The Bertz CT molecular complexity index is 926. The molecule has 0 spiro atoms. The van der Waals surface area contributed by atoms with Gasteiger partial charge in [0.25, 0.3) is 5.56 Å². The van der Waals surface area contributed by atoms with E-state index in [9.17, 15) is 33.0 Å². The molecule has 1 aromatic rings. The third-order valence-corrected chi connectivity index (χ3v) is 6.15. The molecule has 0 bridgehead atoms. The first-order valence-corrected chi connectivity index (χ1v) is 12.1. The van der Waals surface area contributed by atoms with Gasteiger partial charge in [0.1, 0.15) is 12.2 Å². The van der Waals surface area contributed by atoms with Crippen LogP contribution in [0.2, 0.25) is 0 Å². The quantitative estimate of drug-likeness (QED) is 0.371. The van der Waals surface area contributed by atoms with Crippen molar-refractivity contribution in [3.05, 3.63) is 26.9 Å². The standard InChI is InChI=1S/C16H23F3N3O5PS/c1-28(2,3)5-4-9-10(23)11(24)13(27-9)22-7-8(12(25)21-15(22)29)6-20-14(26)16(17,18)19/h7,9-11,13,23-24H,1,4-6H2,2-3H3,(H,20,26)(H,21,25,29)/t9-,10-,11-,13-/m1/s1. The number of ether oxygens (including phenoxy) is 1.